The molecule has 1 aliphatic heterocycles. The van der Waals surface area contributed by atoms with Gasteiger partial charge in [-0.15, -0.1) is 0 Å². The van der Waals surface area contributed by atoms with Crippen LogP contribution in [-0.2, 0) is 0 Å². The van der Waals surface area contributed by atoms with E-state index in [1.165, 1.54) is 64.5 Å². The number of nitrogens with two attached hydrogens (primary N) is 1. The number of hydrogen-bond donors (Lipinski definition) is 2. The van der Waals surface area contributed by atoms with E-state index in [9.17, 15) is 0 Å². The van der Waals surface area contributed by atoms with Crippen LogP contribution in [0.3, 0.4) is 0 Å². The summed E-state index contributed by atoms with van der Waals surface area (Å²) in [6.45, 7) is 3.72. The summed E-state index contributed by atoms with van der Waals surface area (Å²) >= 11 is 0. The summed E-state index contributed by atoms with van der Waals surface area (Å²) in [6, 6.07) is 1.68. The molecule has 98 valence electrons. The van der Waals surface area contributed by atoms with Gasteiger partial charge in [0.25, 0.3) is 0 Å². The van der Waals surface area contributed by atoms with Crippen molar-refractivity contribution in [3.8, 4) is 0 Å². The first-order valence-corrected chi connectivity index (χ1v) is 7.52. The van der Waals surface area contributed by atoms with Crippen molar-refractivity contribution in [3.05, 3.63) is 0 Å². The Morgan fingerprint density at radius 2 is 1.94 bits per heavy atom. The fraction of sp³-hybridized carbons (Fsp3) is 1.00. The fourth-order valence-corrected chi connectivity index (χ4v) is 3.58. The maximum Gasteiger partial charge on any atom is 0.0207 e. The van der Waals surface area contributed by atoms with Crippen LogP contribution < -0.4 is 11.1 Å². The Kier molecular flexibility index (Phi) is 3.42. The zero-order valence-electron chi connectivity index (χ0n) is 11.0. The minimum Gasteiger partial charge on any atom is -0.325 e. The van der Waals surface area contributed by atoms with Crippen LogP contribution in [0, 0.1) is 0 Å². The molecule has 3 nitrogen and oxygen atoms in total. The molecule has 0 bridgehead atoms. The number of nitrogens with zero attached hydrogens (tertiary/aromatic N) is 1. The summed E-state index contributed by atoms with van der Waals surface area (Å²) < 4.78 is 0. The Morgan fingerprint density at radius 1 is 1.18 bits per heavy atom. The van der Waals surface area contributed by atoms with Crippen molar-refractivity contribution in [2.24, 2.45) is 5.73 Å². The van der Waals surface area contributed by atoms with Gasteiger partial charge in [0.15, 0.2) is 0 Å². The summed E-state index contributed by atoms with van der Waals surface area (Å²) in [5.41, 5.74) is 6.55. The maximum atomic E-state index is 6.38. The predicted molar refractivity (Wildman–Crippen MR) is 71.0 cm³/mol. The lowest BCUT2D eigenvalue weighted by Gasteiger charge is -2.24. The molecule has 0 aromatic heterocycles. The number of hydrogen-bond acceptors (Lipinski definition) is 3. The van der Waals surface area contributed by atoms with Gasteiger partial charge < -0.3 is 11.1 Å². The lowest BCUT2D eigenvalue weighted by atomic mass is 9.95. The Labute approximate surface area is 105 Å². The topological polar surface area (TPSA) is 41.3 Å². The molecule has 2 saturated carbocycles. The van der Waals surface area contributed by atoms with Gasteiger partial charge in [0, 0.05) is 30.7 Å². The minimum atomic E-state index is 0.168. The van der Waals surface area contributed by atoms with Gasteiger partial charge in [0.2, 0.25) is 0 Å². The third-order valence-corrected chi connectivity index (χ3v) is 4.94. The number of rotatable bonds is 5. The van der Waals surface area contributed by atoms with Crippen molar-refractivity contribution >= 4 is 0 Å². The maximum absolute atomic E-state index is 6.38. The molecule has 0 aromatic rings. The van der Waals surface area contributed by atoms with E-state index >= 15 is 0 Å². The second-order valence-electron chi connectivity index (χ2n) is 6.49. The lowest BCUT2D eigenvalue weighted by molar-refractivity contribution is 0.313. The average Bonchev–Trinajstić information content (AvgIpc) is 2.91. The van der Waals surface area contributed by atoms with Gasteiger partial charge in [-0.25, -0.2) is 0 Å². The third-order valence-electron chi connectivity index (χ3n) is 4.94. The molecule has 3 aliphatic rings. The molecular formula is C14H27N3. The van der Waals surface area contributed by atoms with Gasteiger partial charge in [0.05, 0.1) is 0 Å². The van der Waals surface area contributed by atoms with Crippen LogP contribution in [0.4, 0.5) is 0 Å². The van der Waals surface area contributed by atoms with Gasteiger partial charge >= 0.3 is 0 Å². The molecule has 17 heavy (non-hydrogen) atoms. The summed E-state index contributed by atoms with van der Waals surface area (Å²) in [4.78, 5) is 2.67. The Bertz CT molecular complexity index is 256. The molecular weight excluding hydrogens is 210 g/mol. The highest BCUT2D eigenvalue weighted by Crippen LogP contribution is 2.31. The van der Waals surface area contributed by atoms with E-state index in [0.29, 0.717) is 0 Å². The van der Waals surface area contributed by atoms with Crippen molar-refractivity contribution in [2.45, 2.75) is 69.0 Å². The van der Waals surface area contributed by atoms with Gasteiger partial charge in [-0.3, -0.25) is 4.90 Å². The first-order valence-electron chi connectivity index (χ1n) is 7.52. The summed E-state index contributed by atoms with van der Waals surface area (Å²) in [5, 5.41) is 3.72. The standard InChI is InChI=1S/C14H27N3/c15-14(6-1-2-7-14)8-9-16-12-5-10-17(11-12)13-3-4-13/h12-13,16H,1-11,15H2. The molecule has 1 unspecified atom stereocenters. The van der Waals surface area contributed by atoms with E-state index in [4.69, 9.17) is 5.73 Å². The van der Waals surface area contributed by atoms with E-state index in [1.807, 2.05) is 0 Å². The van der Waals surface area contributed by atoms with Crippen molar-refractivity contribution in [1.29, 1.82) is 0 Å². The smallest absolute Gasteiger partial charge is 0.0207 e. The molecule has 1 heterocycles. The van der Waals surface area contributed by atoms with Crippen LogP contribution in [0.1, 0.15) is 51.4 Å². The van der Waals surface area contributed by atoms with Crippen LogP contribution in [-0.4, -0.2) is 42.2 Å². The van der Waals surface area contributed by atoms with Gasteiger partial charge in [-0.1, -0.05) is 12.8 Å². The van der Waals surface area contributed by atoms with Crippen molar-refractivity contribution in [3.63, 3.8) is 0 Å². The summed E-state index contributed by atoms with van der Waals surface area (Å²) in [7, 11) is 0. The fourth-order valence-electron chi connectivity index (χ4n) is 3.58. The highest BCUT2D eigenvalue weighted by atomic mass is 15.2. The van der Waals surface area contributed by atoms with Crippen LogP contribution in [0.5, 0.6) is 0 Å². The molecule has 1 atom stereocenters. The van der Waals surface area contributed by atoms with Crippen molar-refractivity contribution < 1.29 is 0 Å². The van der Waals surface area contributed by atoms with Crippen molar-refractivity contribution in [2.75, 3.05) is 19.6 Å². The molecule has 2 aliphatic carbocycles. The van der Waals surface area contributed by atoms with E-state index in [-0.39, 0.29) is 5.54 Å². The summed E-state index contributed by atoms with van der Waals surface area (Å²) in [5.74, 6) is 0. The summed E-state index contributed by atoms with van der Waals surface area (Å²) in [6.07, 6.45) is 10.6. The molecule has 0 spiro atoms. The second-order valence-corrected chi connectivity index (χ2v) is 6.49. The monoisotopic (exact) mass is 237 g/mol. The zero-order chi connectivity index (χ0) is 11.7. The van der Waals surface area contributed by atoms with Crippen LogP contribution in [0.15, 0.2) is 0 Å². The largest absolute Gasteiger partial charge is 0.325 e. The molecule has 0 radical (unpaired) electrons. The van der Waals surface area contributed by atoms with Crippen molar-refractivity contribution in [1.82, 2.24) is 10.2 Å². The quantitative estimate of drug-likeness (QED) is 0.761. The Balaban J connectivity index is 1.34. The highest BCUT2D eigenvalue weighted by Gasteiger charge is 2.34. The predicted octanol–water partition coefficient (Wildman–Crippen LogP) is 1.47. The average molecular weight is 237 g/mol. The highest BCUT2D eigenvalue weighted by molar-refractivity contribution is 4.93. The second kappa shape index (κ2) is 4.87. The van der Waals surface area contributed by atoms with Gasteiger partial charge in [-0.2, -0.15) is 0 Å². The molecule has 1 saturated heterocycles. The zero-order valence-corrected chi connectivity index (χ0v) is 11.0. The van der Waals surface area contributed by atoms with Crippen LogP contribution in [0.25, 0.3) is 0 Å². The molecule has 3 N–H and O–H groups in total. The van der Waals surface area contributed by atoms with E-state index < -0.39 is 0 Å². The Hall–Kier alpha value is -0.120. The van der Waals surface area contributed by atoms with E-state index in [0.717, 1.165) is 18.6 Å². The van der Waals surface area contributed by atoms with Gasteiger partial charge in [-0.05, 0) is 45.1 Å². The number of nitrogens with one attached hydrogen (secondary N) is 1. The minimum absolute atomic E-state index is 0.168. The first-order chi connectivity index (χ1) is 8.25. The molecule has 3 heteroatoms. The van der Waals surface area contributed by atoms with E-state index in [1.54, 1.807) is 0 Å². The molecule has 0 aromatic carbocycles. The Morgan fingerprint density at radius 3 is 2.65 bits per heavy atom. The number of likely N-dealkylation sites (tertiary alicyclic amines) is 1. The third kappa shape index (κ3) is 3.01. The first kappa shape index (κ1) is 11.9. The van der Waals surface area contributed by atoms with Crippen LogP contribution in [0.2, 0.25) is 0 Å². The normalized spacial score (nSPS) is 33.4. The molecule has 3 fully saturated rings. The molecule has 0 amide bonds. The van der Waals surface area contributed by atoms with E-state index in [2.05, 4.69) is 10.2 Å². The molecule has 3 rings (SSSR count). The van der Waals surface area contributed by atoms with Gasteiger partial charge in [0.1, 0.15) is 0 Å². The lowest BCUT2D eigenvalue weighted by Crippen LogP contribution is -2.42. The SMILES string of the molecule is NC1(CCNC2CCN(C3CC3)C2)CCCC1. The van der Waals surface area contributed by atoms with Crippen LogP contribution >= 0.6 is 0 Å².